The van der Waals surface area contributed by atoms with Crippen LogP contribution in [-0.2, 0) is 0 Å². The molecule has 1 heterocycles. The quantitative estimate of drug-likeness (QED) is 0.394. The minimum atomic E-state index is -0.825. The topological polar surface area (TPSA) is 118 Å². The van der Waals surface area contributed by atoms with Gasteiger partial charge in [0.05, 0.1) is 17.8 Å². The Bertz CT molecular complexity index is 1090. The van der Waals surface area contributed by atoms with Gasteiger partial charge < -0.3 is 9.52 Å². The predicted molar refractivity (Wildman–Crippen MR) is 93.9 cm³/mol. The summed E-state index contributed by atoms with van der Waals surface area (Å²) >= 11 is 0. The SMILES string of the molecule is O=C(N/N=C/c1ccc([N+](=O)[O-])o1)c1cc(-c2ccc(F)cc2F)ccc1O. The Kier molecular flexibility index (Phi) is 5.12. The van der Waals surface area contributed by atoms with Crippen LogP contribution >= 0.6 is 0 Å². The molecule has 0 bridgehead atoms. The normalized spacial score (nSPS) is 10.9. The van der Waals surface area contributed by atoms with Crippen LogP contribution in [0.2, 0.25) is 0 Å². The van der Waals surface area contributed by atoms with Gasteiger partial charge in [0.15, 0.2) is 5.76 Å². The number of benzene rings is 2. The van der Waals surface area contributed by atoms with Gasteiger partial charge in [0, 0.05) is 11.6 Å². The maximum Gasteiger partial charge on any atom is 0.433 e. The molecule has 142 valence electrons. The largest absolute Gasteiger partial charge is 0.507 e. The average Bonchev–Trinajstić information content (AvgIpc) is 3.11. The number of aromatic hydroxyl groups is 1. The number of halogens is 2. The molecule has 0 radical (unpaired) electrons. The van der Waals surface area contributed by atoms with E-state index < -0.39 is 28.3 Å². The van der Waals surface area contributed by atoms with E-state index in [0.717, 1.165) is 18.3 Å². The van der Waals surface area contributed by atoms with Crippen LogP contribution in [0, 0.1) is 21.7 Å². The molecule has 0 aliphatic heterocycles. The predicted octanol–water partition coefficient (Wildman–Crippen LogP) is 3.60. The number of hydrazone groups is 1. The zero-order valence-electron chi connectivity index (χ0n) is 13.9. The van der Waals surface area contributed by atoms with Gasteiger partial charge in [-0.3, -0.25) is 14.9 Å². The third-order valence-corrected chi connectivity index (χ3v) is 3.63. The molecule has 0 spiro atoms. The molecule has 1 aromatic heterocycles. The Morgan fingerprint density at radius 1 is 1.18 bits per heavy atom. The minimum Gasteiger partial charge on any atom is -0.507 e. The van der Waals surface area contributed by atoms with Crippen LogP contribution in [0.25, 0.3) is 11.1 Å². The molecule has 28 heavy (non-hydrogen) atoms. The number of nitrogens with zero attached hydrogens (tertiary/aromatic N) is 2. The molecule has 0 saturated carbocycles. The number of furan rings is 1. The Hall–Kier alpha value is -4.08. The van der Waals surface area contributed by atoms with Gasteiger partial charge in [0.1, 0.15) is 22.3 Å². The number of nitrogens with one attached hydrogen (secondary N) is 1. The molecule has 0 saturated heterocycles. The van der Waals surface area contributed by atoms with Gasteiger partial charge >= 0.3 is 5.88 Å². The van der Waals surface area contributed by atoms with E-state index in [0.29, 0.717) is 6.07 Å². The van der Waals surface area contributed by atoms with Crippen molar-refractivity contribution in [3.05, 3.63) is 81.6 Å². The van der Waals surface area contributed by atoms with E-state index >= 15 is 0 Å². The molecule has 2 aromatic carbocycles. The van der Waals surface area contributed by atoms with Crippen LogP contribution in [-0.4, -0.2) is 22.2 Å². The van der Waals surface area contributed by atoms with Crippen molar-refractivity contribution in [2.45, 2.75) is 0 Å². The van der Waals surface area contributed by atoms with Crippen LogP contribution in [0.1, 0.15) is 16.1 Å². The Morgan fingerprint density at radius 3 is 2.64 bits per heavy atom. The zero-order chi connectivity index (χ0) is 20.3. The first kappa shape index (κ1) is 18.7. The summed E-state index contributed by atoms with van der Waals surface area (Å²) in [5.41, 5.74) is 2.20. The molecule has 8 nitrogen and oxygen atoms in total. The summed E-state index contributed by atoms with van der Waals surface area (Å²) in [6.45, 7) is 0. The highest BCUT2D eigenvalue weighted by Gasteiger charge is 2.15. The molecular formula is C18H11F2N3O5. The lowest BCUT2D eigenvalue weighted by Gasteiger charge is -2.08. The van der Waals surface area contributed by atoms with Crippen LogP contribution in [0.15, 0.2) is 58.0 Å². The second-order valence-electron chi connectivity index (χ2n) is 5.49. The highest BCUT2D eigenvalue weighted by Crippen LogP contribution is 2.28. The molecular weight excluding hydrogens is 376 g/mol. The summed E-state index contributed by atoms with van der Waals surface area (Å²) in [6.07, 6.45) is 1.03. The van der Waals surface area contributed by atoms with Crippen LogP contribution in [0.3, 0.4) is 0 Å². The molecule has 0 aliphatic rings. The van der Waals surface area contributed by atoms with Crippen molar-refractivity contribution in [2.24, 2.45) is 5.10 Å². The van der Waals surface area contributed by atoms with Gasteiger partial charge in [0.25, 0.3) is 5.91 Å². The van der Waals surface area contributed by atoms with E-state index in [1.165, 1.54) is 30.3 Å². The smallest absolute Gasteiger partial charge is 0.433 e. The Balaban J connectivity index is 1.79. The first-order chi connectivity index (χ1) is 13.3. The molecule has 0 atom stereocenters. The average molecular weight is 387 g/mol. The lowest BCUT2D eigenvalue weighted by Crippen LogP contribution is -2.17. The van der Waals surface area contributed by atoms with Crippen molar-refractivity contribution in [2.75, 3.05) is 0 Å². The van der Waals surface area contributed by atoms with Gasteiger partial charge in [-0.1, -0.05) is 6.07 Å². The molecule has 10 heteroatoms. The van der Waals surface area contributed by atoms with E-state index in [1.807, 2.05) is 0 Å². The van der Waals surface area contributed by atoms with Gasteiger partial charge in [-0.2, -0.15) is 5.10 Å². The van der Waals surface area contributed by atoms with E-state index in [2.05, 4.69) is 10.5 Å². The number of hydrogen-bond acceptors (Lipinski definition) is 6. The number of rotatable bonds is 5. The summed E-state index contributed by atoms with van der Waals surface area (Å²) < 4.78 is 31.8. The van der Waals surface area contributed by atoms with Crippen LogP contribution in [0.5, 0.6) is 5.75 Å². The minimum absolute atomic E-state index is 0.0263. The summed E-state index contributed by atoms with van der Waals surface area (Å²) in [5.74, 6) is -3.23. The highest BCUT2D eigenvalue weighted by molar-refractivity contribution is 5.98. The van der Waals surface area contributed by atoms with E-state index in [-0.39, 0.29) is 28.2 Å². The molecule has 0 unspecified atom stereocenters. The van der Waals surface area contributed by atoms with Crippen molar-refractivity contribution in [1.29, 1.82) is 0 Å². The first-order valence-corrected chi connectivity index (χ1v) is 7.71. The van der Waals surface area contributed by atoms with Crippen molar-refractivity contribution < 1.29 is 28.0 Å². The van der Waals surface area contributed by atoms with Gasteiger partial charge in [-0.15, -0.1) is 0 Å². The fourth-order valence-electron chi connectivity index (χ4n) is 2.33. The molecule has 2 N–H and O–H groups in total. The first-order valence-electron chi connectivity index (χ1n) is 7.71. The summed E-state index contributed by atoms with van der Waals surface area (Å²) in [5, 5.41) is 24.0. The second-order valence-corrected chi connectivity index (χ2v) is 5.49. The number of carbonyl (C=O) groups excluding carboxylic acids is 1. The molecule has 1 amide bonds. The Morgan fingerprint density at radius 2 is 1.96 bits per heavy atom. The van der Waals surface area contributed by atoms with Crippen molar-refractivity contribution >= 4 is 18.0 Å². The number of phenolic OH excluding ortho intramolecular Hbond substituents is 1. The number of nitro groups is 1. The Labute approximate surface area is 155 Å². The summed E-state index contributed by atoms with van der Waals surface area (Å²) in [4.78, 5) is 22.0. The second kappa shape index (κ2) is 7.66. The third kappa shape index (κ3) is 4.01. The van der Waals surface area contributed by atoms with Gasteiger partial charge in [-0.25, -0.2) is 14.2 Å². The van der Waals surface area contributed by atoms with Crippen molar-refractivity contribution in [3.63, 3.8) is 0 Å². The standard InChI is InChI=1S/C18H11F2N3O5/c19-11-2-4-13(15(20)8-11)10-1-5-16(24)14(7-10)18(25)22-21-9-12-3-6-17(28-12)23(26)27/h1-9,24H,(H,22,25)/b21-9+. The molecule has 0 fully saturated rings. The highest BCUT2D eigenvalue weighted by atomic mass is 19.1. The fraction of sp³-hybridized carbons (Fsp3) is 0. The summed E-state index contributed by atoms with van der Waals surface area (Å²) in [6, 6.07) is 9.15. The van der Waals surface area contributed by atoms with Crippen LogP contribution in [0.4, 0.5) is 14.7 Å². The van der Waals surface area contributed by atoms with Gasteiger partial charge in [-0.05, 0) is 35.9 Å². The maximum atomic E-state index is 13.9. The third-order valence-electron chi connectivity index (χ3n) is 3.63. The number of carbonyl (C=O) groups is 1. The van der Waals surface area contributed by atoms with E-state index in [4.69, 9.17) is 4.42 Å². The van der Waals surface area contributed by atoms with E-state index in [9.17, 15) is 28.8 Å². The molecule has 3 aromatic rings. The zero-order valence-corrected chi connectivity index (χ0v) is 13.9. The number of hydrogen-bond donors (Lipinski definition) is 2. The van der Waals surface area contributed by atoms with Crippen molar-refractivity contribution in [1.82, 2.24) is 5.43 Å². The lowest BCUT2D eigenvalue weighted by molar-refractivity contribution is -0.402. The lowest BCUT2D eigenvalue weighted by atomic mass is 10.0. The van der Waals surface area contributed by atoms with Crippen LogP contribution < -0.4 is 5.43 Å². The molecule has 3 rings (SSSR count). The number of phenols is 1. The fourth-order valence-corrected chi connectivity index (χ4v) is 2.33. The van der Waals surface area contributed by atoms with Crippen molar-refractivity contribution in [3.8, 4) is 16.9 Å². The summed E-state index contributed by atoms with van der Waals surface area (Å²) in [7, 11) is 0. The monoisotopic (exact) mass is 387 g/mol. The van der Waals surface area contributed by atoms with E-state index in [1.54, 1.807) is 0 Å². The van der Waals surface area contributed by atoms with Gasteiger partial charge in [0.2, 0.25) is 0 Å². The maximum absolute atomic E-state index is 13.9. The molecule has 0 aliphatic carbocycles. The number of amides is 1.